The van der Waals surface area contributed by atoms with Crippen LogP contribution in [0.5, 0.6) is 5.75 Å². The van der Waals surface area contributed by atoms with E-state index in [9.17, 15) is 19.7 Å². The molecule has 0 radical (unpaired) electrons. The minimum absolute atomic E-state index is 0.0425. The van der Waals surface area contributed by atoms with Gasteiger partial charge in [0.15, 0.2) is 5.54 Å². The molecule has 0 aliphatic carbocycles. The van der Waals surface area contributed by atoms with E-state index in [0.29, 0.717) is 28.3 Å². The molecule has 2 atom stereocenters. The number of hydrogen-bond acceptors (Lipinski definition) is 8. The molecule has 0 N–H and O–H groups in total. The smallest absolute Gasteiger partial charge is 0.334 e. The maximum absolute atomic E-state index is 14.9. The van der Waals surface area contributed by atoms with Crippen LogP contribution in [0.3, 0.4) is 0 Å². The van der Waals surface area contributed by atoms with Crippen molar-refractivity contribution in [1.82, 2.24) is 0 Å². The molecule has 10 heteroatoms. The van der Waals surface area contributed by atoms with Crippen LogP contribution in [0.1, 0.15) is 29.5 Å². The second-order valence-electron chi connectivity index (χ2n) is 10.1. The summed E-state index contributed by atoms with van der Waals surface area (Å²) in [4.78, 5) is 40.8. The van der Waals surface area contributed by atoms with Crippen molar-refractivity contribution < 1.29 is 24.0 Å². The van der Waals surface area contributed by atoms with E-state index in [1.807, 2.05) is 42.5 Å². The van der Waals surface area contributed by atoms with Crippen LogP contribution in [0.15, 0.2) is 126 Å². The van der Waals surface area contributed by atoms with Gasteiger partial charge in [0.1, 0.15) is 5.75 Å². The van der Waals surface area contributed by atoms with Gasteiger partial charge in [0.25, 0.3) is 11.6 Å². The number of para-hydroxylation sites is 1. The number of carbonyl (C=O) groups is 2. The van der Waals surface area contributed by atoms with Gasteiger partial charge in [-0.1, -0.05) is 67.2 Å². The molecule has 1 amide bonds. The molecule has 0 spiro atoms. The average molecular weight is 591 g/mol. The number of anilines is 1. The molecule has 4 aromatic rings. The van der Waals surface area contributed by atoms with Gasteiger partial charge in [-0.3, -0.25) is 14.9 Å². The van der Waals surface area contributed by atoms with Gasteiger partial charge >= 0.3 is 5.97 Å². The Balaban J connectivity index is 1.76. The standard InChI is InChI=1S/C34H30N4O6/c1-4-44-32(39)23(2)31(25-14-18-27(19-15-25)38(41)42)34(36-35-26-16-20-28(43-3)21-17-26)29-12-8-9-13-30(29)37(33(34)40)22-24-10-6-5-7-11-24/h5-21,31H,2,4,22H2,1,3H3. The summed E-state index contributed by atoms with van der Waals surface area (Å²) in [6, 6.07) is 29.2. The summed E-state index contributed by atoms with van der Waals surface area (Å²) in [5, 5.41) is 20.8. The summed E-state index contributed by atoms with van der Waals surface area (Å²) >= 11 is 0. The molecule has 1 aliphatic heterocycles. The number of nitrogens with zero attached hydrogens (tertiary/aromatic N) is 4. The third kappa shape index (κ3) is 5.57. The highest BCUT2D eigenvalue weighted by Gasteiger charge is 2.59. The van der Waals surface area contributed by atoms with Crippen LogP contribution in [-0.2, 0) is 26.4 Å². The molecular formula is C34H30N4O6. The fourth-order valence-corrected chi connectivity index (χ4v) is 5.43. The van der Waals surface area contributed by atoms with Crippen LogP contribution < -0.4 is 9.64 Å². The molecule has 1 aliphatic rings. The first kappa shape index (κ1) is 29.8. The predicted molar refractivity (Wildman–Crippen MR) is 165 cm³/mol. The van der Waals surface area contributed by atoms with Gasteiger partial charge in [0, 0.05) is 23.3 Å². The van der Waals surface area contributed by atoms with Crippen LogP contribution in [0.25, 0.3) is 0 Å². The topological polar surface area (TPSA) is 124 Å². The summed E-state index contributed by atoms with van der Waals surface area (Å²) in [6.45, 7) is 6.07. The van der Waals surface area contributed by atoms with E-state index < -0.39 is 28.3 Å². The molecule has 222 valence electrons. The van der Waals surface area contributed by atoms with Gasteiger partial charge in [0.05, 0.1) is 42.5 Å². The van der Waals surface area contributed by atoms with Crippen molar-refractivity contribution in [1.29, 1.82) is 0 Å². The Bertz CT molecular complexity index is 1720. The Morgan fingerprint density at radius 1 is 0.977 bits per heavy atom. The van der Waals surface area contributed by atoms with E-state index in [2.05, 4.69) is 11.7 Å². The summed E-state index contributed by atoms with van der Waals surface area (Å²) < 4.78 is 10.6. The van der Waals surface area contributed by atoms with E-state index in [1.54, 1.807) is 55.3 Å². The molecule has 0 saturated carbocycles. The van der Waals surface area contributed by atoms with Crippen molar-refractivity contribution >= 4 is 28.9 Å². The van der Waals surface area contributed by atoms with Gasteiger partial charge in [-0.2, -0.15) is 10.2 Å². The van der Waals surface area contributed by atoms with Gasteiger partial charge in [0.2, 0.25) is 0 Å². The Morgan fingerprint density at radius 2 is 1.64 bits per heavy atom. The number of fused-ring (bicyclic) bond motifs is 1. The normalized spacial score (nSPS) is 16.4. The largest absolute Gasteiger partial charge is 0.497 e. The van der Waals surface area contributed by atoms with Crippen molar-refractivity contribution in [3.63, 3.8) is 0 Å². The highest BCUT2D eigenvalue weighted by molar-refractivity contribution is 6.10. The second kappa shape index (κ2) is 12.7. The molecule has 0 bridgehead atoms. The highest BCUT2D eigenvalue weighted by Crippen LogP contribution is 2.54. The predicted octanol–water partition coefficient (Wildman–Crippen LogP) is 7.03. The molecule has 10 nitrogen and oxygen atoms in total. The third-order valence-corrected chi connectivity index (χ3v) is 7.50. The molecule has 0 aromatic heterocycles. The Labute approximate surface area is 254 Å². The van der Waals surface area contributed by atoms with E-state index >= 15 is 0 Å². The van der Waals surface area contributed by atoms with Crippen molar-refractivity contribution in [3.8, 4) is 5.75 Å². The Morgan fingerprint density at radius 3 is 2.27 bits per heavy atom. The first-order valence-electron chi connectivity index (χ1n) is 13.9. The monoisotopic (exact) mass is 590 g/mol. The van der Waals surface area contributed by atoms with Crippen LogP contribution in [-0.4, -0.2) is 30.5 Å². The third-order valence-electron chi connectivity index (χ3n) is 7.50. The number of amides is 1. The fourth-order valence-electron chi connectivity index (χ4n) is 5.43. The van der Waals surface area contributed by atoms with Gasteiger partial charge in [-0.25, -0.2) is 4.79 Å². The Hall–Kier alpha value is -5.64. The molecule has 0 fully saturated rings. The number of nitro groups is 1. The number of hydrogen-bond donors (Lipinski definition) is 0. The molecule has 5 rings (SSSR count). The molecular weight excluding hydrogens is 560 g/mol. The first-order chi connectivity index (χ1) is 21.3. The Kier molecular flexibility index (Phi) is 8.61. The molecule has 1 heterocycles. The quantitative estimate of drug-likeness (QED) is 0.0607. The van der Waals surface area contributed by atoms with Crippen molar-refractivity contribution in [3.05, 3.63) is 142 Å². The number of rotatable bonds is 11. The van der Waals surface area contributed by atoms with Crippen LogP contribution in [0, 0.1) is 10.1 Å². The molecule has 0 saturated heterocycles. The van der Waals surface area contributed by atoms with Crippen LogP contribution in [0.4, 0.5) is 17.1 Å². The lowest BCUT2D eigenvalue weighted by Crippen LogP contribution is -2.44. The fraction of sp³-hybridized carbons (Fsp3) is 0.176. The number of benzene rings is 4. The zero-order chi connectivity index (χ0) is 31.3. The number of methoxy groups -OCH3 is 1. The number of esters is 1. The second-order valence-corrected chi connectivity index (χ2v) is 10.1. The SMILES string of the molecule is C=C(C(=O)OCC)C(c1ccc([N+](=O)[O-])cc1)C1(N=Nc2ccc(OC)cc2)C(=O)N(Cc2ccccc2)c2ccccc21. The molecule has 2 unspecified atom stereocenters. The zero-order valence-corrected chi connectivity index (χ0v) is 24.3. The van der Waals surface area contributed by atoms with Crippen LogP contribution >= 0.6 is 0 Å². The lowest BCUT2D eigenvalue weighted by atomic mass is 9.72. The number of nitro benzene ring substituents is 1. The summed E-state index contributed by atoms with van der Waals surface area (Å²) in [5.41, 5.74) is 0.838. The summed E-state index contributed by atoms with van der Waals surface area (Å²) in [7, 11) is 1.55. The minimum Gasteiger partial charge on any atom is -0.497 e. The van der Waals surface area contributed by atoms with Crippen molar-refractivity contribution in [2.75, 3.05) is 18.6 Å². The molecule has 44 heavy (non-hydrogen) atoms. The zero-order valence-electron chi connectivity index (χ0n) is 24.3. The summed E-state index contributed by atoms with van der Waals surface area (Å²) in [5.74, 6) is -1.66. The van der Waals surface area contributed by atoms with Gasteiger partial charge < -0.3 is 14.4 Å². The van der Waals surface area contributed by atoms with Crippen molar-refractivity contribution in [2.24, 2.45) is 10.2 Å². The maximum Gasteiger partial charge on any atom is 0.334 e. The molecule has 4 aromatic carbocycles. The number of non-ortho nitro benzene ring substituents is 1. The lowest BCUT2D eigenvalue weighted by Gasteiger charge is -2.33. The van der Waals surface area contributed by atoms with Gasteiger partial charge in [-0.05, 0) is 48.4 Å². The van der Waals surface area contributed by atoms with E-state index in [-0.39, 0.29) is 24.4 Å². The van der Waals surface area contributed by atoms with Crippen LogP contribution in [0.2, 0.25) is 0 Å². The number of ether oxygens (including phenoxy) is 2. The number of carbonyl (C=O) groups excluding carboxylic acids is 2. The van der Waals surface area contributed by atoms with E-state index in [1.165, 1.54) is 24.3 Å². The first-order valence-corrected chi connectivity index (χ1v) is 13.9. The highest BCUT2D eigenvalue weighted by atomic mass is 16.6. The van der Waals surface area contributed by atoms with E-state index in [4.69, 9.17) is 14.6 Å². The maximum atomic E-state index is 14.9. The lowest BCUT2D eigenvalue weighted by molar-refractivity contribution is -0.384. The van der Waals surface area contributed by atoms with Crippen molar-refractivity contribution in [2.45, 2.75) is 24.9 Å². The average Bonchev–Trinajstić information content (AvgIpc) is 3.28. The van der Waals surface area contributed by atoms with Gasteiger partial charge in [-0.15, -0.1) is 0 Å². The van der Waals surface area contributed by atoms with E-state index in [0.717, 1.165) is 5.56 Å². The summed E-state index contributed by atoms with van der Waals surface area (Å²) in [6.07, 6.45) is 0. The minimum atomic E-state index is -1.81. The number of azo groups is 1.